The van der Waals surface area contributed by atoms with Crippen LogP contribution in [0.5, 0.6) is 0 Å². The minimum atomic E-state index is 0.443. The molecular formula is C13H23NO. The molecule has 0 N–H and O–H groups in total. The molecule has 0 aromatic heterocycles. The van der Waals surface area contributed by atoms with Crippen molar-refractivity contribution >= 4 is 5.78 Å². The molecular weight excluding hydrogens is 186 g/mol. The van der Waals surface area contributed by atoms with E-state index in [1.165, 1.54) is 25.7 Å². The molecule has 1 heterocycles. The standard InChI is InChI=1S/C13H23NO/c1-2-3-11-6-8-14(9-7-11)10-13(15)12-4-5-12/h11-12H,2-10H2,1H3. The first-order valence-electron chi connectivity index (χ1n) is 6.54. The van der Waals surface area contributed by atoms with Gasteiger partial charge in [-0.1, -0.05) is 19.8 Å². The Balaban J connectivity index is 1.66. The van der Waals surface area contributed by atoms with Crippen molar-refractivity contribution in [2.75, 3.05) is 19.6 Å². The van der Waals surface area contributed by atoms with E-state index in [4.69, 9.17) is 0 Å². The third-order valence-corrected chi connectivity index (χ3v) is 3.82. The third-order valence-electron chi connectivity index (χ3n) is 3.82. The van der Waals surface area contributed by atoms with E-state index in [9.17, 15) is 4.79 Å². The lowest BCUT2D eigenvalue weighted by atomic mass is 9.92. The monoisotopic (exact) mass is 209 g/mol. The molecule has 1 saturated heterocycles. The Labute approximate surface area is 93.0 Å². The van der Waals surface area contributed by atoms with Gasteiger partial charge in [-0.3, -0.25) is 9.69 Å². The fourth-order valence-electron chi connectivity index (χ4n) is 2.60. The van der Waals surface area contributed by atoms with Crippen LogP contribution < -0.4 is 0 Å². The molecule has 0 aromatic carbocycles. The average Bonchev–Trinajstić information content (AvgIpc) is 3.04. The van der Waals surface area contributed by atoms with Crippen molar-refractivity contribution in [1.82, 2.24) is 4.90 Å². The fraction of sp³-hybridized carbons (Fsp3) is 0.923. The lowest BCUT2D eigenvalue weighted by molar-refractivity contribution is -0.121. The zero-order chi connectivity index (χ0) is 10.7. The summed E-state index contributed by atoms with van der Waals surface area (Å²) < 4.78 is 0. The van der Waals surface area contributed by atoms with Crippen molar-refractivity contribution in [2.45, 2.75) is 45.4 Å². The minimum Gasteiger partial charge on any atom is -0.298 e. The van der Waals surface area contributed by atoms with Crippen molar-refractivity contribution in [3.8, 4) is 0 Å². The van der Waals surface area contributed by atoms with E-state index in [0.29, 0.717) is 11.7 Å². The highest BCUT2D eigenvalue weighted by molar-refractivity contribution is 5.84. The van der Waals surface area contributed by atoms with Crippen LogP contribution in [0.4, 0.5) is 0 Å². The zero-order valence-corrected chi connectivity index (χ0v) is 9.87. The maximum atomic E-state index is 11.6. The molecule has 2 aliphatic rings. The van der Waals surface area contributed by atoms with E-state index in [1.807, 2.05) is 0 Å². The number of hydrogen-bond acceptors (Lipinski definition) is 2. The molecule has 1 aliphatic carbocycles. The van der Waals surface area contributed by atoms with Gasteiger partial charge in [-0.05, 0) is 44.7 Å². The Hall–Kier alpha value is -0.370. The lowest BCUT2D eigenvalue weighted by Gasteiger charge is -2.31. The predicted molar refractivity (Wildman–Crippen MR) is 61.8 cm³/mol. The molecule has 0 amide bonds. The van der Waals surface area contributed by atoms with Crippen LogP contribution in [-0.4, -0.2) is 30.3 Å². The van der Waals surface area contributed by atoms with Gasteiger partial charge in [-0.2, -0.15) is 0 Å². The normalized spacial score (nSPS) is 24.3. The topological polar surface area (TPSA) is 20.3 Å². The van der Waals surface area contributed by atoms with E-state index in [0.717, 1.165) is 38.4 Å². The Bertz CT molecular complexity index is 215. The van der Waals surface area contributed by atoms with Crippen molar-refractivity contribution < 1.29 is 4.79 Å². The van der Waals surface area contributed by atoms with Crippen molar-refractivity contribution in [3.05, 3.63) is 0 Å². The van der Waals surface area contributed by atoms with Gasteiger partial charge in [0.1, 0.15) is 5.78 Å². The van der Waals surface area contributed by atoms with Gasteiger partial charge in [0.05, 0.1) is 6.54 Å². The Morgan fingerprint density at radius 3 is 2.40 bits per heavy atom. The highest BCUT2D eigenvalue weighted by Crippen LogP contribution is 2.30. The van der Waals surface area contributed by atoms with Gasteiger partial charge in [0.2, 0.25) is 0 Å². The van der Waals surface area contributed by atoms with Crippen LogP contribution in [0.3, 0.4) is 0 Å². The summed E-state index contributed by atoms with van der Waals surface area (Å²) >= 11 is 0. The molecule has 0 spiro atoms. The number of Topliss-reactive ketones (excluding diaryl/α,β-unsaturated/α-hetero) is 1. The number of ketones is 1. The molecule has 2 fully saturated rings. The summed E-state index contributed by atoms with van der Waals surface area (Å²) in [5.41, 5.74) is 0. The number of likely N-dealkylation sites (tertiary alicyclic amines) is 1. The summed E-state index contributed by atoms with van der Waals surface area (Å²) in [6.07, 6.45) is 7.63. The summed E-state index contributed by atoms with van der Waals surface area (Å²) in [5.74, 6) is 1.88. The molecule has 2 heteroatoms. The second kappa shape index (κ2) is 5.11. The first-order chi connectivity index (χ1) is 7.29. The van der Waals surface area contributed by atoms with Gasteiger partial charge in [0, 0.05) is 5.92 Å². The van der Waals surface area contributed by atoms with Crippen LogP contribution in [0.15, 0.2) is 0 Å². The van der Waals surface area contributed by atoms with E-state index in [2.05, 4.69) is 11.8 Å². The maximum absolute atomic E-state index is 11.6. The molecule has 2 nitrogen and oxygen atoms in total. The largest absolute Gasteiger partial charge is 0.298 e. The minimum absolute atomic E-state index is 0.443. The van der Waals surface area contributed by atoms with Gasteiger partial charge in [0.15, 0.2) is 0 Å². The van der Waals surface area contributed by atoms with Gasteiger partial charge in [0.25, 0.3) is 0 Å². The molecule has 0 radical (unpaired) electrons. The number of nitrogens with zero attached hydrogens (tertiary/aromatic N) is 1. The second-order valence-corrected chi connectivity index (χ2v) is 5.25. The van der Waals surface area contributed by atoms with Crippen LogP contribution in [-0.2, 0) is 4.79 Å². The van der Waals surface area contributed by atoms with Crippen LogP contribution in [0.1, 0.15) is 45.4 Å². The van der Waals surface area contributed by atoms with Gasteiger partial charge < -0.3 is 0 Å². The molecule has 86 valence electrons. The van der Waals surface area contributed by atoms with E-state index < -0.39 is 0 Å². The molecule has 1 saturated carbocycles. The predicted octanol–water partition coefficient (Wildman–Crippen LogP) is 2.48. The SMILES string of the molecule is CCCC1CCN(CC(=O)C2CC2)CC1. The summed E-state index contributed by atoms with van der Waals surface area (Å²) in [6, 6.07) is 0. The van der Waals surface area contributed by atoms with E-state index in [1.54, 1.807) is 0 Å². The van der Waals surface area contributed by atoms with Crippen molar-refractivity contribution in [3.63, 3.8) is 0 Å². The molecule has 0 aromatic rings. The van der Waals surface area contributed by atoms with Crippen molar-refractivity contribution in [1.29, 1.82) is 0 Å². The Kier molecular flexibility index (Phi) is 3.79. The van der Waals surface area contributed by atoms with Crippen LogP contribution in [0.25, 0.3) is 0 Å². The van der Waals surface area contributed by atoms with E-state index >= 15 is 0 Å². The highest BCUT2D eigenvalue weighted by Gasteiger charge is 2.31. The highest BCUT2D eigenvalue weighted by atomic mass is 16.1. The number of piperidine rings is 1. The molecule has 2 rings (SSSR count). The number of rotatable bonds is 5. The Morgan fingerprint density at radius 1 is 1.20 bits per heavy atom. The molecule has 0 atom stereocenters. The molecule has 0 bridgehead atoms. The van der Waals surface area contributed by atoms with Crippen LogP contribution >= 0.6 is 0 Å². The van der Waals surface area contributed by atoms with Crippen LogP contribution in [0.2, 0.25) is 0 Å². The van der Waals surface area contributed by atoms with Crippen LogP contribution in [0, 0.1) is 11.8 Å². The fourth-order valence-corrected chi connectivity index (χ4v) is 2.60. The summed E-state index contributed by atoms with van der Waals surface area (Å²) in [7, 11) is 0. The van der Waals surface area contributed by atoms with Gasteiger partial charge in [-0.15, -0.1) is 0 Å². The average molecular weight is 209 g/mol. The summed E-state index contributed by atoms with van der Waals surface area (Å²) in [4.78, 5) is 14.0. The van der Waals surface area contributed by atoms with Gasteiger partial charge >= 0.3 is 0 Å². The number of hydrogen-bond donors (Lipinski definition) is 0. The first kappa shape index (κ1) is 11.1. The van der Waals surface area contributed by atoms with Crippen molar-refractivity contribution in [2.24, 2.45) is 11.8 Å². The number of carbonyl (C=O) groups is 1. The first-order valence-corrected chi connectivity index (χ1v) is 6.54. The van der Waals surface area contributed by atoms with Gasteiger partial charge in [-0.25, -0.2) is 0 Å². The summed E-state index contributed by atoms with van der Waals surface area (Å²) in [5, 5.41) is 0. The lowest BCUT2D eigenvalue weighted by Crippen LogP contribution is -2.37. The molecule has 0 unspecified atom stereocenters. The quantitative estimate of drug-likeness (QED) is 0.693. The smallest absolute Gasteiger partial charge is 0.149 e. The number of carbonyl (C=O) groups excluding carboxylic acids is 1. The Morgan fingerprint density at radius 2 is 1.87 bits per heavy atom. The molecule has 15 heavy (non-hydrogen) atoms. The molecule has 1 aliphatic heterocycles. The van der Waals surface area contributed by atoms with E-state index in [-0.39, 0.29) is 0 Å². The summed E-state index contributed by atoms with van der Waals surface area (Å²) in [6.45, 7) is 5.32. The third kappa shape index (κ3) is 3.30. The maximum Gasteiger partial charge on any atom is 0.149 e. The second-order valence-electron chi connectivity index (χ2n) is 5.25. The zero-order valence-electron chi connectivity index (χ0n) is 9.87.